The van der Waals surface area contributed by atoms with Crippen LogP contribution in [0.1, 0.15) is 15.2 Å². The topological polar surface area (TPSA) is 72.1 Å². The molecule has 2 aromatic rings. The summed E-state index contributed by atoms with van der Waals surface area (Å²) in [6, 6.07) is 5.20. The number of nitrogen functional groups attached to an aromatic ring is 1. The summed E-state index contributed by atoms with van der Waals surface area (Å²) in [6.07, 6.45) is 1.45. The highest BCUT2D eigenvalue weighted by molar-refractivity contribution is 7.07. The van der Waals surface area contributed by atoms with E-state index in [9.17, 15) is 4.79 Å². The lowest BCUT2D eigenvalue weighted by atomic mass is 10.2. The monoisotopic (exact) mass is 282 g/mol. The fourth-order valence-electron chi connectivity index (χ4n) is 1.49. The van der Waals surface area contributed by atoms with Crippen molar-refractivity contribution in [1.29, 1.82) is 0 Å². The molecule has 7 heteroatoms. The molecule has 1 amide bonds. The van der Waals surface area contributed by atoms with E-state index < -0.39 is 0 Å². The third kappa shape index (κ3) is 2.77. The Morgan fingerprint density at radius 3 is 3.00 bits per heavy atom. The molecule has 0 saturated heterocycles. The number of nitrogens with zero attached hydrogens (tertiary/aromatic N) is 3. The Morgan fingerprint density at radius 1 is 1.56 bits per heavy atom. The Bertz CT molecular complexity index is 558. The van der Waals surface area contributed by atoms with Crippen molar-refractivity contribution >= 4 is 34.7 Å². The van der Waals surface area contributed by atoms with Crippen molar-refractivity contribution in [3.05, 3.63) is 39.9 Å². The Balaban J connectivity index is 2.14. The normalized spacial score (nSPS) is 10.3. The van der Waals surface area contributed by atoms with Crippen molar-refractivity contribution in [2.45, 2.75) is 6.54 Å². The molecule has 2 N–H and O–H groups in total. The molecule has 1 aromatic carbocycles. The first-order valence-electron chi connectivity index (χ1n) is 5.14. The van der Waals surface area contributed by atoms with Crippen molar-refractivity contribution < 1.29 is 4.79 Å². The predicted octanol–water partition coefficient (Wildman–Crippen LogP) is 2.05. The molecule has 0 aliphatic rings. The van der Waals surface area contributed by atoms with Gasteiger partial charge in [0.25, 0.3) is 5.91 Å². The Kier molecular flexibility index (Phi) is 3.78. The molecule has 0 saturated carbocycles. The molecule has 0 atom stereocenters. The lowest BCUT2D eigenvalue weighted by Gasteiger charge is -2.17. The van der Waals surface area contributed by atoms with E-state index in [0.29, 0.717) is 22.1 Å². The van der Waals surface area contributed by atoms with E-state index >= 15 is 0 Å². The molecular weight excluding hydrogens is 272 g/mol. The Labute approximate surface area is 113 Å². The Hall–Kier alpha value is -1.66. The number of aromatic nitrogens is 2. The molecule has 1 heterocycles. The summed E-state index contributed by atoms with van der Waals surface area (Å²) in [5.41, 5.74) is 7.12. The van der Waals surface area contributed by atoms with Gasteiger partial charge in [0.2, 0.25) is 0 Å². The van der Waals surface area contributed by atoms with Crippen LogP contribution in [0.15, 0.2) is 24.4 Å². The van der Waals surface area contributed by atoms with Crippen LogP contribution in [0.4, 0.5) is 5.69 Å². The van der Waals surface area contributed by atoms with E-state index in [0.717, 1.165) is 17.1 Å². The third-order valence-electron chi connectivity index (χ3n) is 2.40. The van der Waals surface area contributed by atoms with E-state index in [2.05, 4.69) is 9.59 Å². The van der Waals surface area contributed by atoms with Crippen LogP contribution in [-0.4, -0.2) is 27.4 Å². The number of amides is 1. The van der Waals surface area contributed by atoms with Gasteiger partial charge >= 0.3 is 0 Å². The average molecular weight is 283 g/mol. The van der Waals surface area contributed by atoms with Gasteiger partial charge in [0, 0.05) is 24.3 Å². The molecule has 94 valence electrons. The van der Waals surface area contributed by atoms with Crippen molar-refractivity contribution in [2.75, 3.05) is 12.8 Å². The van der Waals surface area contributed by atoms with E-state index in [1.54, 1.807) is 30.1 Å². The number of halogens is 1. The van der Waals surface area contributed by atoms with Gasteiger partial charge in [-0.15, -0.1) is 5.10 Å². The van der Waals surface area contributed by atoms with Gasteiger partial charge in [-0.25, -0.2) is 0 Å². The van der Waals surface area contributed by atoms with Gasteiger partial charge in [0.1, 0.15) is 4.88 Å². The van der Waals surface area contributed by atoms with Gasteiger partial charge in [-0.2, -0.15) is 0 Å². The summed E-state index contributed by atoms with van der Waals surface area (Å²) in [5, 5.41) is 4.23. The number of carbonyl (C=O) groups is 1. The molecule has 18 heavy (non-hydrogen) atoms. The zero-order valence-electron chi connectivity index (χ0n) is 9.63. The van der Waals surface area contributed by atoms with Gasteiger partial charge in [0.15, 0.2) is 0 Å². The zero-order valence-corrected chi connectivity index (χ0v) is 11.2. The average Bonchev–Trinajstić information content (AvgIpc) is 2.86. The first-order chi connectivity index (χ1) is 8.58. The van der Waals surface area contributed by atoms with E-state index in [4.69, 9.17) is 17.3 Å². The van der Waals surface area contributed by atoms with Crippen LogP contribution in [-0.2, 0) is 6.54 Å². The number of anilines is 1. The Morgan fingerprint density at radius 2 is 2.33 bits per heavy atom. The molecular formula is C11H11ClN4OS. The minimum absolute atomic E-state index is 0.136. The number of benzene rings is 1. The van der Waals surface area contributed by atoms with Crippen LogP contribution in [0.2, 0.25) is 5.02 Å². The third-order valence-corrected chi connectivity index (χ3v) is 3.42. The van der Waals surface area contributed by atoms with Crippen LogP contribution < -0.4 is 5.73 Å². The fourth-order valence-corrected chi connectivity index (χ4v) is 2.18. The quantitative estimate of drug-likeness (QED) is 0.875. The second-order valence-electron chi connectivity index (χ2n) is 3.79. The number of rotatable bonds is 3. The molecule has 0 aliphatic heterocycles. The standard InChI is InChI=1S/C11H11ClN4OS/c1-16(11(17)10-5-14-15-18-10)6-7-4-8(13)2-3-9(7)12/h2-5H,6,13H2,1H3. The highest BCUT2D eigenvalue weighted by atomic mass is 35.5. The second-order valence-corrected chi connectivity index (χ2v) is 4.99. The van der Waals surface area contributed by atoms with E-state index in [-0.39, 0.29) is 5.91 Å². The van der Waals surface area contributed by atoms with Crippen LogP contribution >= 0.6 is 23.1 Å². The number of hydrogen-bond donors (Lipinski definition) is 1. The maximum Gasteiger partial charge on any atom is 0.267 e. The largest absolute Gasteiger partial charge is 0.399 e. The molecule has 0 fully saturated rings. The molecule has 0 radical (unpaired) electrons. The molecule has 0 bridgehead atoms. The summed E-state index contributed by atoms with van der Waals surface area (Å²) >= 11 is 7.12. The zero-order chi connectivity index (χ0) is 13.1. The molecule has 2 rings (SSSR count). The molecule has 0 aliphatic carbocycles. The lowest BCUT2D eigenvalue weighted by Crippen LogP contribution is -2.25. The fraction of sp³-hybridized carbons (Fsp3) is 0.182. The molecule has 5 nitrogen and oxygen atoms in total. The highest BCUT2D eigenvalue weighted by Crippen LogP contribution is 2.21. The number of carbonyl (C=O) groups excluding carboxylic acids is 1. The second kappa shape index (κ2) is 5.32. The van der Waals surface area contributed by atoms with Gasteiger partial charge in [-0.1, -0.05) is 16.1 Å². The highest BCUT2D eigenvalue weighted by Gasteiger charge is 2.15. The van der Waals surface area contributed by atoms with Crippen LogP contribution in [0.5, 0.6) is 0 Å². The minimum Gasteiger partial charge on any atom is -0.399 e. The van der Waals surface area contributed by atoms with Crippen molar-refractivity contribution in [1.82, 2.24) is 14.5 Å². The van der Waals surface area contributed by atoms with E-state index in [1.165, 1.54) is 6.20 Å². The lowest BCUT2D eigenvalue weighted by molar-refractivity contribution is 0.0789. The van der Waals surface area contributed by atoms with Crippen LogP contribution in [0, 0.1) is 0 Å². The van der Waals surface area contributed by atoms with Crippen molar-refractivity contribution in [2.24, 2.45) is 0 Å². The maximum absolute atomic E-state index is 12.0. The number of nitrogens with two attached hydrogens (primary N) is 1. The van der Waals surface area contributed by atoms with Crippen molar-refractivity contribution in [3.63, 3.8) is 0 Å². The van der Waals surface area contributed by atoms with Gasteiger partial charge in [-0.05, 0) is 35.3 Å². The summed E-state index contributed by atoms with van der Waals surface area (Å²) in [6.45, 7) is 0.389. The number of hydrogen-bond acceptors (Lipinski definition) is 5. The van der Waals surface area contributed by atoms with Crippen LogP contribution in [0.3, 0.4) is 0 Å². The summed E-state index contributed by atoms with van der Waals surface area (Å²) in [4.78, 5) is 14.0. The van der Waals surface area contributed by atoms with E-state index in [1.807, 2.05) is 0 Å². The predicted molar refractivity (Wildman–Crippen MR) is 71.6 cm³/mol. The minimum atomic E-state index is -0.136. The first kappa shape index (κ1) is 12.8. The maximum atomic E-state index is 12.0. The van der Waals surface area contributed by atoms with Crippen LogP contribution in [0.25, 0.3) is 0 Å². The molecule has 0 spiro atoms. The molecule has 0 unspecified atom stereocenters. The smallest absolute Gasteiger partial charge is 0.267 e. The summed E-state index contributed by atoms with van der Waals surface area (Å²) in [5.74, 6) is -0.136. The summed E-state index contributed by atoms with van der Waals surface area (Å²) in [7, 11) is 1.70. The SMILES string of the molecule is CN(Cc1cc(N)ccc1Cl)C(=O)c1cnns1. The first-order valence-corrected chi connectivity index (χ1v) is 6.30. The van der Waals surface area contributed by atoms with Gasteiger partial charge in [-0.3, -0.25) is 4.79 Å². The van der Waals surface area contributed by atoms with Gasteiger partial charge in [0.05, 0.1) is 6.20 Å². The van der Waals surface area contributed by atoms with Crippen molar-refractivity contribution in [3.8, 4) is 0 Å². The summed E-state index contributed by atoms with van der Waals surface area (Å²) < 4.78 is 3.66. The van der Waals surface area contributed by atoms with Gasteiger partial charge < -0.3 is 10.6 Å². The molecule has 1 aromatic heterocycles.